The van der Waals surface area contributed by atoms with Crippen LogP contribution < -0.4 is 20.1 Å². The van der Waals surface area contributed by atoms with E-state index in [-0.39, 0.29) is 19.2 Å². The SMILES string of the molecule is O=C(CNCc1ccc2c(c1)OCO2)Nc1nccs1. The van der Waals surface area contributed by atoms with Crippen molar-refractivity contribution in [1.29, 1.82) is 0 Å². The van der Waals surface area contributed by atoms with Crippen LogP contribution in [0.25, 0.3) is 0 Å². The molecule has 1 aromatic carbocycles. The average Bonchev–Trinajstić information content (AvgIpc) is 3.09. The summed E-state index contributed by atoms with van der Waals surface area (Å²) >= 11 is 1.39. The molecule has 7 heteroatoms. The molecule has 0 unspecified atom stereocenters. The molecule has 1 amide bonds. The van der Waals surface area contributed by atoms with Crippen molar-refractivity contribution in [2.24, 2.45) is 0 Å². The molecule has 0 fully saturated rings. The van der Waals surface area contributed by atoms with Gasteiger partial charge in [0.2, 0.25) is 12.7 Å². The number of anilines is 1. The van der Waals surface area contributed by atoms with Crippen LogP contribution in [0.4, 0.5) is 5.13 Å². The molecule has 1 aliphatic heterocycles. The van der Waals surface area contributed by atoms with Gasteiger partial charge in [0.15, 0.2) is 16.6 Å². The van der Waals surface area contributed by atoms with Gasteiger partial charge in [-0.15, -0.1) is 11.3 Å². The maximum absolute atomic E-state index is 11.6. The second kappa shape index (κ2) is 5.89. The third-order valence-electron chi connectivity index (χ3n) is 2.73. The number of hydrogen-bond donors (Lipinski definition) is 2. The number of aromatic nitrogens is 1. The minimum Gasteiger partial charge on any atom is -0.454 e. The Morgan fingerprint density at radius 1 is 1.35 bits per heavy atom. The summed E-state index contributed by atoms with van der Waals surface area (Å²) in [6.07, 6.45) is 1.65. The van der Waals surface area contributed by atoms with Gasteiger partial charge in [-0.3, -0.25) is 4.79 Å². The van der Waals surface area contributed by atoms with Gasteiger partial charge in [0.1, 0.15) is 0 Å². The summed E-state index contributed by atoms with van der Waals surface area (Å²) in [7, 11) is 0. The van der Waals surface area contributed by atoms with E-state index < -0.39 is 0 Å². The van der Waals surface area contributed by atoms with E-state index >= 15 is 0 Å². The van der Waals surface area contributed by atoms with Crippen LogP contribution in [-0.2, 0) is 11.3 Å². The standard InChI is InChI=1S/C13H13N3O3S/c17-12(16-13-15-3-4-20-13)7-14-6-9-1-2-10-11(5-9)19-8-18-10/h1-5,14H,6-8H2,(H,15,16,17). The summed E-state index contributed by atoms with van der Waals surface area (Å²) in [5, 5.41) is 8.21. The van der Waals surface area contributed by atoms with Crippen molar-refractivity contribution in [2.75, 3.05) is 18.7 Å². The van der Waals surface area contributed by atoms with Crippen LogP contribution in [0, 0.1) is 0 Å². The van der Waals surface area contributed by atoms with E-state index in [1.165, 1.54) is 11.3 Å². The molecule has 0 radical (unpaired) electrons. The molecule has 0 aliphatic carbocycles. The summed E-state index contributed by atoms with van der Waals surface area (Å²) in [6, 6.07) is 5.72. The number of fused-ring (bicyclic) bond motifs is 1. The highest BCUT2D eigenvalue weighted by atomic mass is 32.1. The summed E-state index contributed by atoms with van der Waals surface area (Å²) in [5.74, 6) is 1.40. The number of carbonyl (C=O) groups is 1. The van der Waals surface area contributed by atoms with Gasteiger partial charge >= 0.3 is 0 Å². The quantitative estimate of drug-likeness (QED) is 0.875. The van der Waals surface area contributed by atoms with E-state index in [1.54, 1.807) is 6.20 Å². The molecular weight excluding hydrogens is 278 g/mol. The number of carbonyl (C=O) groups excluding carboxylic acids is 1. The van der Waals surface area contributed by atoms with Crippen molar-refractivity contribution in [2.45, 2.75) is 6.54 Å². The van der Waals surface area contributed by atoms with Crippen LogP contribution in [0.15, 0.2) is 29.8 Å². The van der Waals surface area contributed by atoms with Gasteiger partial charge in [-0.2, -0.15) is 0 Å². The highest BCUT2D eigenvalue weighted by Gasteiger charge is 2.13. The van der Waals surface area contributed by atoms with E-state index in [0.29, 0.717) is 11.7 Å². The minimum absolute atomic E-state index is 0.110. The van der Waals surface area contributed by atoms with Gasteiger partial charge in [0.25, 0.3) is 0 Å². The third kappa shape index (κ3) is 3.06. The average molecular weight is 291 g/mol. The van der Waals surface area contributed by atoms with Gasteiger partial charge < -0.3 is 20.1 Å². The lowest BCUT2D eigenvalue weighted by atomic mass is 10.2. The van der Waals surface area contributed by atoms with Gasteiger partial charge in [0.05, 0.1) is 6.54 Å². The molecule has 20 heavy (non-hydrogen) atoms. The molecule has 2 heterocycles. The van der Waals surface area contributed by atoms with Crippen LogP contribution in [0.1, 0.15) is 5.56 Å². The molecule has 2 aromatic rings. The predicted molar refractivity (Wildman–Crippen MR) is 75.0 cm³/mol. The van der Waals surface area contributed by atoms with Gasteiger partial charge in [0, 0.05) is 18.1 Å². The van der Waals surface area contributed by atoms with Crippen molar-refractivity contribution < 1.29 is 14.3 Å². The van der Waals surface area contributed by atoms with E-state index in [4.69, 9.17) is 9.47 Å². The number of rotatable bonds is 5. The number of thiazole rings is 1. The number of nitrogens with one attached hydrogen (secondary N) is 2. The van der Waals surface area contributed by atoms with E-state index in [0.717, 1.165) is 17.1 Å². The maximum atomic E-state index is 11.6. The Hall–Kier alpha value is -2.12. The van der Waals surface area contributed by atoms with E-state index in [9.17, 15) is 4.79 Å². The Balaban J connectivity index is 1.46. The van der Waals surface area contributed by atoms with Crippen LogP contribution in [0.3, 0.4) is 0 Å². The Labute approximate surface area is 119 Å². The summed E-state index contributed by atoms with van der Waals surface area (Å²) < 4.78 is 10.5. The first-order valence-electron chi connectivity index (χ1n) is 6.10. The lowest BCUT2D eigenvalue weighted by Gasteiger charge is -2.05. The number of ether oxygens (including phenoxy) is 2. The Morgan fingerprint density at radius 3 is 3.10 bits per heavy atom. The van der Waals surface area contributed by atoms with Gasteiger partial charge in [-0.25, -0.2) is 4.98 Å². The predicted octanol–water partition coefficient (Wildman–Crippen LogP) is 1.60. The second-order valence-electron chi connectivity index (χ2n) is 4.18. The zero-order chi connectivity index (χ0) is 13.8. The van der Waals surface area contributed by atoms with Crippen molar-refractivity contribution in [3.8, 4) is 11.5 Å². The van der Waals surface area contributed by atoms with Crippen molar-refractivity contribution in [3.63, 3.8) is 0 Å². The summed E-state index contributed by atoms with van der Waals surface area (Å²) in [6.45, 7) is 1.08. The number of benzene rings is 1. The van der Waals surface area contributed by atoms with Crippen LogP contribution in [0.5, 0.6) is 11.5 Å². The first kappa shape index (κ1) is 12.9. The summed E-state index contributed by atoms with van der Waals surface area (Å²) in [5.41, 5.74) is 1.04. The number of amides is 1. The molecular formula is C13H13N3O3S. The molecule has 0 atom stereocenters. The Morgan fingerprint density at radius 2 is 2.25 bits per heavy atom. The zero-order valence-electron chi connectivity index (χ0n) is 10.6. The molecule has 2 N–H and O–H groups in total. The van der Waals surface area contributed by atoms with Crippen LogP contribution in [-0.4, -0.2) is 24.2 Å². The zero-order valence-corrected chi connectivity index (χ0v) is 11.4. The fourth-order valence-corrected chi connectivity index (χ4v) is 2.37. The topological polar surface area (TPSA) is 72.5 Å². The molecule has 0 spiro atoms. The molecule has 104 valence electrons. The molecule has 0 bridgehead atoms. The highest BCUT2D eigenvalue weighted by molar-refractivity contribution is 7.13. The normalized spacial score (nSPS) is 12.4. The lowest BCUT2D eigenvalue weighted by Crippen LogP contribution is -2.27. The van der Waals surface area contributed by atoms with Crippen LogP contribution >= 0.6 is 11.3 Å². The van der Waals surface area contributed by atoms with E-state index in [2.05, 4.69) is 15.6 Å². The van der Waals surface area contributed by atoms with E-state index in [1.807, 2.05) is 23.6 Å². The fourth-order valence-electron chi connectivity index (χ4n) is 1.82. The molecule has 0 saturated carbocycles. The smallest absolute Gasteiger partial charge is 0.240 e. The molecule has 1 aliphatic rings. The number of hydrogen-bond acceptors (Lipinski definition) is 6. The monoisotopic (exact) mass is 291 g/mol. The molecule has 0 saturated heterocycles. The molecule has 6 nitrogen and oxygen atoms in total. The second-order valence-corrected chi connectivity index (χ2v) is 5.07. The first-order chi connectivity index (χ1) is 9.81. The van der Waals surface area contributed by atoms with Crippen molar-refractivity contribution in [3.05, 3.63) is 35.3 Å². The van der Waals surface area contributed by atoms with Crippen LogP contribution in [0.2, 0.25) is 0 Å². The first-order valence-corrected chi connectivity index (χ1v) is 6.98. The minimum atomic E-state index is -0.110. The summed E-state index contributed by atoms with van der Waals surface area (Å²) in [4.78, 5) is 15.6. The Bertz CT molecular complexity index is 601. The van der Waals surface area contributed by atoms with Crippen molar-refractivity contribution >= 4 is 22.4 Å². The molecule has 3 rings (SSSR count). The third-order valence-corrected chi connectivity index (χ3v) is 3.42. The lowest BCUT2D eigenvalue weighted by molar-refractivity contribution is -0.115. The largest absolute Gasteiger partial charge is 0.454 e. The maximum Gasteiger partial charge on any atom is 0.240 e. The Kier molecular flexibility index (Phi) is 3.80. The van der Waals surface area contributed by atoms with Gasteiger partial charge in [-0.05, 0) is 17.7 Å². The number of nitrogens with zero attached hydrogens (tertiary/aromatic N) is 1. The van der Waals surface area contributed by atoms with Gasteiger partial charge in [-0.1, -0.05) is 6.07 Å². The fraction of sp³-hybridized carbons (Fsp3) is 0.231. The van der Waals surface area contributed by atoms with Crippen molar-refractivity contribution in [1.82, 2.24) is 10.3 Å². The molecule has 1 aromatic heterocycles. The highest BCUT2D eigenvalue weighted by Crippen LogP contribution is 2.32.